The van der Waals surface area contributed by atoms with Gasteiger partial charge >= 0.3 is 0 Å². The lowest BCUT2D eigenvalue weighted by molar-refractivity contribution is 0.0950. The van der Waals surface area contributed by atoms with E-state index in [0.29, 0.717) is 17.9 Å². The fraction of sp³-hybridized carbons (Fsp3) is 0.500. The van der Waals surface area contributed by atoms with Crippen LogP contribution in [-0.2, 0) is 0 Å². The molecule has 0 fully saturated rings. The minimum atomic E-state index is -0.147. The molecule has 1 unspecified atom stereocenters. The standard InChI is InChI=1S/C12H17ClN2O2/c1-9(13)4-3-6-15-12(16)10-5-7-14-8-11(10)17-2/h5,7-9H,3-4,6H2,1-2H3,(H,15,16). The summed E-state index contributed by atoms with van der Waals surface area (Å²) in [7, 11) is 1.52. The summed E-state index contributed by atoms with van der Waals surface area (Å²) in [6, 6.07) is 1.64. The van der Waals surface area contributed by atoms with E-state index in [0.717, 1.165) is 12.8 Å². The molecule has 0 aliphatic carbocycles. The largest absolute Gasteiger partial charge is 0.494 e. The second-order valence-electron chi connectivity index (χ2n) is 3.75. The van der Waals surface area contributed by atoms with E-state index in [4.69, 9.17) is 16.3 Å². The molecule has 0 radical (unpaired) electrons. The molecule has 1 aromatic heterocycles. The Labute approximate surface area is 106 Å². The number of pyridine rings is 1. The number of rotatable bonds is 6. The van der Waals surface area contributed by atoms with Gasteiger partial charge in [0.1, 0.15) is 5.75 Å². The van der Waals surface area contributed by atoms with Gasteiger partial charge in [0.15, 0.2) is 0 Å². The normalized spacial score (nSPS) is 11.9. The SMILES string of the molecule is COc1cnccc1C(=O)NCCCC(C)Cl. The third kappa shape index (κ3) is 4.61. The fourth-order valence-electron chi connectivity index (χ4n) is 1.41. The third-order valence-corrected chi connectivity index (χ3v) is 2.53. The molecule has 5 heteroatoms. The van der Waals surface area contributed by atoms with Gasteiger partial charge < -0.3 is 10.1 Å². The zero-order chi connectivity index (χ0) is 12.7. The Morgan fingerprint density at radius 1 is 1.65 bits per heavy atom. The molecule has 0 saturated heterocycles. The number of nitrogens with one attached hydrogen (secondary N) is 1. The summed E-state index contributed by atoms with van der Waals surface area (Å²) in [5.41, 5.74) is 0.501. The molecule has 0 aliphatic heterocycles. The molecule has 1 atom stereocenters. The first kappa shape index (κ1) is 13.8. The highest BCUT2D eigenvalue weighted by molar-refractivity contribution is 6.20. The number of amides is 1. The first-order chi connectivity index (χ1) is 8.15. The van der Waals surface area contributed by atoms with Crippen molar-refractivity contribution >= 4 is 17.5 Å². The van der Waals surface area contributed by atoms with Crippen molar-refractivity contribution in [1.29, 1.82) is 0 Å². The van der Waals surface area contributed by atoms with Crippen molar-refractivity contribution in [2.45, 2.75) is 25.1 Å². The number of ether oxygens (including phenoxy) is 1. The van der Waals surface area contributed by atoms with Crippen LogP contribution in [0.1, 0.15) is 30.1 Å². The van der Waals surface area contributed by atoms with Crippen LogP contribution in [0.15, 0.2) is 18.5 Å². The predicted octanol–water partition coefficient (Wildman–Crippen LogP) is 2.23. The lowest BCUT2D eigenvalue weighted by Crippen LogP contribution is -2.25. The molecule has 1 N–H and O–H groups in total. The van der Waals surface area contributed by atoms with Crippen LogP contribution in [-0.4, -0.2) is 29.9 Å². The van der Waals surface area contributed by atoms with Gasteiger partial charge in [-0.1, -0.05) is 0 Å². The van der Waals surface area contributed by atoms with Gasteiger partial charge in [-0.25, -0.2) is 0 Å². The second-order valence-corrected chi connectivity index (χ2v) is 4.50. The van der Waals surface area contributed by atoms with E-state index in [1.165, 1.54) is 13.3 Å². The van der Waals surface area contributed by atoms with Crippen molar-refractivity contribution in [3.63, 3.8) is 0 Å². The van der Waals surface area contributed by atoms with E-state index >= 15 is 0 Å². The van der Waals surface area contributed by atoms with E-state index in [2.05, 4.69) is 10.3 Å². The fourth-order valence-corrected chi connectivity index (χ4v) is 1.57. The molecule has 0 saturated carbocycles. The Morgan fingerprint density at radius 2 is 2.41 bits per heavy atom. The first-order valence-corrected chi connectivity index (χ1v) is 5.99. The molecule has 94 valence electrons. The van der Waals surface area contributed by atoms with Crippen molar-refractivity contribution in [2.24, 2.45) is 0 Å². The maximum Gasteiger partial charge on any atom is 0.255 e. The molecule has 4 nitrogen and oxygen atoms in total. The Hall–Kier alpha value is -1.29. The van der Waals surface area contributed by atoms with Crippen molar-refractivity contribution in [3.05, 3.63) is 24.0 Å². The smallest absolute Gasteiger partial charge is 0.255 e. The number of methoxy groups -OCH3 is 1. The quantitative estimate of drug-likeness (QED) is 0.627. The number of halogens is 1. The number of nitrogens with zero attached hydrogens (tertiary/aromatic N) is 1. The molecule has 0 bridgehead atoms. The molecular formula is C12H17ClN2O2. The maximum atomic E-state index is 11.8. The summed E-state index contributed by atoms with van der Waals surface area (Å²) in [5, 5.41) is 2.96. The average Bonchev–Trinajstić information content (AvgIpc) is 2.34. The zero-order valence-corrected chi connectivity index (χ0v) is 10.8. The molecule has 0 aromatic carbocycles. The van der Waals surface area contributed by atoms with Crippen LogP contribution in [0.3, 0.4) is 0 Å². The highest BCUT2D eigenvalue weighted by atomic mass is 35.5. The summed E-state index contributed by atoms with van der Waals surface area (Å²) in [5.74, 6) is 0.335. The molecule has 1 amide bonds. The molecule has 17 heavy (non-hydrogen) atoms. The van der Waals surface area contributed by atoms with Crippen LogP contribution < -0.4 is 10.1 Å². The van der Waals surface area contributed by atoms with Crippen molar-refractivity contribution in [2.75, 3.05) is 13.7 Å². The molecule has 0 spiro atoms. The number of alkyl halides is 1. The minimum absolute atomic E-state index is 0.141. The minimum Gasteiger partial charge on any atom is -0.494 e. The van der Waals surface area contributed by atoms with E-state index in [1.807, 2.05) is 6.92 Å². The van der Waals surface area contributed by atoms with Gasteiger partial charge in [-0.3, -0.25) is 9.78 Å². The van der Waals surface area contributed by atoms with Crippen LogP contribution in [0.25, 0.3) is 0 Å². The maximum absolute atomic E-state index is 11.8. The van der Waals surface area contributed by atoms with E-state index in [-0.39, 0.29) is 11.3 Å². The number of carbonyl (C=O) groups is 1. The molecular weight excluding hydrogens is 240 g/mol. The highest BCUT2D eigenvalue weighted by Gasteiger charge is 2.10. The van der Waals surface area contributed by atoms with Crippen molar-refractivity contribution in [3.8, 4) is 5.75 Å². The monoisotopic (exact) mass is 256 g/mol. The number of aromatic nitrogens is 1. The van der Waals surface area contributed by atoms with E-state index < -0.39 is 0 Å². The molecule has 0 aliphatic rings. The Kier molecular flexibility index (Phi) is 5.77. The van der Waals surface area contributed by atoms with E-state index in [9.17, 15) is 4.79 Å². The lowest BCUT2D eigenvalue weighted by Gasteiger charge is -2.08. The summed E-state index contributed by atoms with van der Waals surface area (Å²) in [6.07, 6.45) is 4.84. The van der Waals surface area contributed by atoms with Gasteiger partial charge in [0.05, 0.1) is 18.9 Å². The average molecular weight is 257 g/mol. The predicted molar refractivity (Wildman–Crippen MR) is 67.7 cm³/mol. The van der Waals surface area contributed by atoms with Gasteiger partial charge in [-0.05, 0) is 25.8 Å². The molecule has 1 aromatic rings. The number of hydrogen-bond acceptors (Lipinski definition) is 3. The van der Waals surface area contributed by atoms with Gasteiger partial charge in [0, 0.05) is 18.1 Å². The molecule has 1 heterocycles. The second kappa shape index (κ2) is 7.12. The molecule has 1 rings (SSSR count). The van der Waals surface area contributed by atoms with Crippen LogP contribution in [0.4, 0.5) is 0 Å². The topological polar surface area (TPSA) is 51.2 Å². The Balaban J connectivity index is 2.47. The lowest BCUT2D eigenvalue weighted by atomic mass is 10.2. The van der Waals surface area contributed by atoms with Crippen molar-refractivity contribution in [1.82, 2.24) is 10.3 Å². The number of carbonyl (C=O) groups excluding carboxylic acids is 1. The Bertz CT molecular complexity index is 369. The van der Waals surface area contributed by atoms with E-state index in [1.54, 1.807) is 12.3 Å². The summed E-state index contributed by atoms with van der Waals surface area (Å²) >= 11 is 5.82. The van der Waals surface area contributed by atoms with Gasteiger partial charge in [-0.2, -0.15) is 0 Å². The first-order valence-electron chi connectivity index (χ1n) is 5.55. The highest BCUT2D eigenvalue weighted by Crippen LogP contribution is 2.15. The summed E-state index contributed by atoms with van der Waals surface area (Å²) < 4.78 is 5.07. The van der Waals surface area contributed by atoms with Crippen molar-refractivity contribution < 1.29 is 9.53 Å². The van der Waals surface area contributed by atoms with Gasteiger partial charge in [-0.15, -0.1) is 11.6 Å². The van der Waals surface area contributed by atoms with Crippen LogP contribution in [0.5, 0.6) is 5.75 Å². The van der Waals surface area contributed by atoms with Crippen LogP contribution in [0, 0.1) is 0 Å². The Morgan fingerprint density at radius 3 is 3.06 bits per heavy atom. The number of hydrogen-bond donors (Lipinski definition) is 1. The summed E-state index contributed by atoms with van der Waals surface area (Å²) in [4.78, 5) is 15.7. The van der Waals surface area contributed by atoms with Crippen LogP contribution >= 0.6 is 11.6 Å². The van der Waals surface area contributed by atoms with Crippen LogP contribution in [0.2, 0.25) is 0 Å². The third-order valence-electron chi connectivity index (χ3n) is 2.31. The van der Waals surface area contributed by atoms with Gasteiger partial charge in [0.2, 0.25) is 0 Å². The van der Waals surface area contributed by atoms with Gasteiger partial charge in [0.25, 0.3) is 5.91 Å². The summed E-state index contributed by atoms with van der Waals surface area (Å²) in [6.45, 7) is 2.55. The zero-order valence-electron chi connectivity index (χ0n) is 10.1.